The van der Waals surface area contributed by atoms with Gasteiger partial charge in [-0.25, -0.2) is 4.39 Å². The monoisotopic (exact) mass is 340 g/mol. The smallest absolute Gasteiger partial charge is 0.214 e. The molecular formula is C14H14BrFN2O2. The van der Waals surface area contributed by atoms with Gasteiger partial charge in [0.05, 0.1) is 17.8 Å². The summed E-state index contributed by atoms with van der Waals surface area (Å²) in [5.74, 6) is -0.260. The van der Waals surface area contributed by atoms with Crippen molar-refractivity contribution in [3.05, 3.63) is 45.9 Å². The number of rotatable bonds is 4. The Morgan fingerprint density at radius 3 is 2.70 bits per heavy atom. The molecule has 0 saturated carbocycles. The molecule has 0 fully saturated rings. The number of carbonyl (C=O) groups is 1. The zero-order valence-corrected chi connectivity index (χ0v) is 12.9. The number of carbonyl (C=O) groups excluding carboxylic acids is 1. The van der Waals surface area contributed by atoms with Gasteiger partial charge in [0.15, 0.2) is 11.4 Å². The lowest BCUT2D eigenvalue weighted by molar-refractivity contribution is 0.102. The number of ketones is 1. The first-order chi connectivity index (χ1) is 9.45. The summed E-state index contributed by atoms with van der Waals surface area (Å²) in [5, 5.41) is 4.16. The highest BCUT2D eigenvalue weighted by atomic mass is 79.9. The molecule has 1 heterocycles. The number of aromatic nitrogens is 2. The van der Waals surface area contributed by atoms with Crippen molar-refractivity contribution in [2.75, 3.05) is 7.11 Å². The first-order valence-electron chi connectivity index (χ1n) is 6.07. The fourth-order valence-corrected chi connectivity index (χ4v) is 2.26. The zero-order valence-electron chi connectivity index (χ0n) is 11.4. The van der Waals surface area contributed by atoms with Gasteiger partial charge in [-0.1, -0.05) is 0 Å². The van der Waals surface area contributed by atoms with E-state index in [0.29, 0.717) is 17.0 Å². The average molecular weight is 341 g/mol. The molecule has 0 saturated heterocycles. The van der Waals surface area contributed by atoms with Gasteiger partial charge in [0.1, 0.15) is 5.82 Å². The Labute approximate surface area is 124 Å². The minimum Gasteiger partial charge on any atom is -0.493 e. The van der Waals surface area contributed by atoms with Crippen LogP contribution in [0.2, 0.25) is 0 Å². The fraction of sp³-hybridized carbons (Fsp3) is 0.286. The molecule has 0 N–H and O–H groups in total. The van der Waals surface area contributed by atoms with E-state index in [1.807, 2.05) is 13.8 Å². The predicted molar refractivity (Wildman–Crippen MR) is 76.7 cm³/mol. The van der Waals surface area contributed by atoms with E-state index in [1.54, 1.807) is 4.68 Å². The zero-order chi connectivity index (χ0) is 14.9. The molecule has 1 aromatic carbocycles. The largest absolute Gasteiger partial charge is 0.493 e. The molecule has 0 atom stereocenters. The Balaban J connectivity index is 2.52. The normalized spacial score (nSPS) is 10.9. The molecule has 0 aliphatic heterocycles. The third kappa shape index (κ3) is 2.60. The highest BCUT2D eigenvalue weighted by molar-refractivity contribution is 9.10. The van der Waals surface area contributed by atoms with Gasteiger partial charge in [-0.3, -0.25) is 9.48 Å². The van der Waals surface area contributed by atoms with Crippen LogP contribution in [0, 0.1) is 5.82 Å². The molecule has 0 amide bonds. The molecule has 106 valence electrons. The van der Waals surface area contributed by atoms with Crippen LogP contribution in [0.4, 0.5) is 4.39 Å². The second-order valence-corrected chi connectivity index (χ2v) is 5.41. The van der Waals surface area contributed by atoms with Gasteiger partial charge < -0.3 is 4.74 Å². The van der Waals surface area contributed by atoms with Crippen LogP contribution >= 0.6 is 15.9 Å². The minimum absolute atomic E-state index is 0.0155. The SMILES string of the molecule is COc1cnn(C(C)C)c1C(=O)c1ccc(F)c(Br)c1. The molecule has 20 heavy (non-hydrogen) atoms. The van der Waals surface area contributed by atoms with Crippen molar-refractivity contribution in [1.29, 1.82) is 0 Å². The summed E-state index contributed by atoms with van der Waals surface area (Å²) >= 11 is 3.08. The number of ether oxygens (including phenoxy) is 1. The molecule has 2 aromatic rings. The van der Waals surface area contributed by atoms with Crippen LogP contribution in [0.3, 0.4) is 0 Å². The molecular weight excluding hydrogens is 327 g/mol. The summed E-state index contributed by atoms with van der Waals surface area (Å²) in [4.78, 5) is 12.6. The Kier molecular flexibility index (Phi) is 4.23. The van der Waals surface area contributed by atoms with Crippen molar-refractivity contribution >= 4 is 21.7 Å². The molecule has 0 spiro atoms. The molecule has 0 bridgehead atoms. The molecule has 0 unspecified atom stereocenters. The van der Waals surface area contributed by atoms with Crippen LogP contribution in [0.15, 0.2) is 28.9 Å². The molecule has 1 aromatic heterocycles. The summed E-state index contributed by atoms with van der Waals surface area (Å²) < 4.78 is 20.3. The minimum atomic E-state index is -0.411. The lowest BCUT2D eigenvalue weighted by Gasteiger charge is -2.11. The highest BCUT2D eigenvalue weighted by Crippen LogP contribution is 2.26. The van der Waals surface area contributed by atoms with Gasteiger partial charge in [-0.05, 0) is 48.0 Å². The topological polar surface area (TPSA) is 44.1 Å². The second kappa shape index (κ2) is 5.75. The molecule has 0 aliphatic rings. The number of nitrogens with zero attached hydrogens (tertiary/aromatic N) is 2. The van der Waals surface area contributed by atoms with Crippen LogP contribution in [0.5, 0.6) is 5.75 Å². The Morgan fingerprint density at radius 1 is 1.45 bits per heavy atom. The Bertz CT molecular complexity index is 653. The first-order valence-corrected chi connectivity index (χ1v) is 6.86. The van der Waals surface area contributed by atoms with Gasteiger partial charge in [0.25, 0.3) is 0 Å². The maximum atomic E-state index is 13.3. The first kappa shape index (κ1) is 14.7. The summed E-state index contributed by atoms with van der Waals surface area (Å²) in [7, 11) is 1.49. The van der Waals surface area contributed by atoms with Gasteiger partial charge in [0, 0.05) is 11.6 Å². The van der Waals surface area contributed by atoms with Crippen LogP contribution in [-0.2, 0) is 0 Å². The number of benzene rings is 1. The van der Waals surface area contributed by atoms with Crippen molar-refractivity contribution in [1.82, 2.24) is 9.78 Å². The molecule has 4 nitrogen and oxygen atoms in total. The van der Waals surface area contributed by atoms with Gasteiger partial charge in [-0.2, -0.15) is 5.10 Å². The number of methoxy groups -OCH3 is 1. The molecule has 2 rings (SSSR count). The van der Waals surface area contributed by atoms with Gasteiger partial charge in [0.2, 0.25) is 5.78 Å². The fourth-order valence-electron chi connectivity index (χ4n) is 1.88. The Morgan fingerprint density at radius 2 is 2.15 bits per heavy atom. The Hall–Kier alpha value is -1.69. The van der Waals surface area contributed by atoms with E-state index in [2.05, 4.69) is 21.0 Å². The molecule has 0 radical (unpaired) electrons. The van der Waals surface area contributed by atoms with E-state index in [1.165, 1.54) is 31.5 Å². The lowest BCUT2D eigenvalue weighted by atomic mass is 10.1. The van der Waals surface area contributed by atoms with Crippen molar-refractivity contribution in [3.8, 4) is 5.75 Å². The van der Waals surface area contributed by atoms with Crippen molar-refractivity contribution in [2.24, 2.45) is 0 Å². The van der Waals surface area contributed by atoms with Crippen LogP contribution in [0.1, 0.15) is 35.9 Å². The number of hydrogen-bond donors (Lipinski definition) is 0. The van der Waals surface area contributed by atoms with E-state index >= 15 is 0 Å². The van der Waals surface area contributed by atoms with E-state index in [0.717, 1.165) is 0 Å². The lowest BCUT2D eigenvalue weighted by Crippen LogP contribution is -2.14. The van der Waals surface area contributed by atoms with Gasteiger partial charge in [-0.15, -0.1) is 0 Å². The summed E-state index contributed by atoms with van der Waals surface area (Å²) in [5.41, 5.74) is 0.736. The van der Waals surface area contributed by atoms with E-state index < -0.39 is 5.82 Å². The number of hydrogen-bond acceptors (Lipinski definition) is 3. The molecule has 6 heteroatoms. The van der Waals surface area contributed by atoms with Crippen molar-refractivity contribution in [3.63, 3.8) is 0 Å². The van der Waals surface area contributed by atoms with Crippen molar-refractivity contribution in [2.45, 2.75) is 19.9 Å². The van der Waals surface area contributed by atoms with E-state index in [4.69, 9.17) is 4.74 Å². The second-order valence-electron chi connectivity index (χ2n) is 4.56. The van der Waals surface area contributed by atoms with E-state index in [-0.39, 0.29) is 16.3 Å². The summed E-state index contributed by atoms with van der Waals surface area (Å²) in [6, 6.07) is 4.16. The maximum absolute atomic E-state index is 13.3. The van der Waals surface area contributed by atoms with Crippen molar-refractivity contribution < 1.29 is 13.9 Å². The van der Waals surface area contributed by atoms with Crippen LogP contribution in [0.25, 0.3) is 0 Å². The third-order valence-corrected chi connectivity index (χ3v) is 3.48. The highest BCUT2D eigenvalue weighted by Gasteiger charge is 2.22. The van der Waals surface area contributed by atoms with Gasteiger partial charge >= 0.3 is 0 Å². The van der Waals surface area contributed by atoms with E-state index in [9.17, 15) is 9.18 Å². The quantitative estimate of drug-likeness (QED) is 0.798. The molecule has 0 aliphatic carbocycles. The average Bonchev–Trinajstić information content (AvgIpc) is 2.85. The van der Waals surface area contributed by atoms with Crippen LogP contribution < -0.4 is 4.74 Å². The third-order valence-electron chi connectivity index (χ3n) is 2.87. The summed E-state index contributed by atoms with van der Waals surface area (Å²) in [6.45, 7) is 3.84. The predicted octanol–water partition coefficient (Wildman–Crippen LogP) is 3.61. The summed E-state index contributed by atoms with van der Waals surface area (Å²) in [6.07, 6.45) is 1.51. The maximum Gasteiger partial charge on any atom is 0.214 e. The number of halogens is 2. The standard InChI is InChI=1S/C14H14BrFN2O2/c1-8(2)18-13(12(20-3)7-17-18)14(19)9-4-5-11(16)10(15)6-9/h4-8H,1-3H3. The van der Waals surface area contributed by atoms with Crippen LogP contribution in [-0.4, -0.2) is 22.7 Å².